The zero-order valence-corrected chi connectivity index (χ0v) is 16.2. The van der Waals surface area contributed by atoms with Gasteiger partial charge in [0.25, 0.3) is 0 Å². The number of hydrogen-bond acceptors (Lipinski definition) is 5. The van der Waals surface area contributed by atoms with Gasteiger partial charge in [-0.1, -0.05) is 49.5 Å². The molecule has 1 aromatic carbocycles. The zero-order valence-electron chi connectivity index (χ0n) is 14.6. The molecule has 0 aliphatic carbocycles. The predicted octanol–water partition coefficient (Wildman–Crippen LogP) is 4.84. The van der Waals surface area contributed by atoms with Crippen LogP contribution in [0.4, 0.5) is 5.69 Å². The van der Waals surface area contributed by atoms with Gasteiger partial charge in [-0.15, -0.1) is 0 Å². The van der Waals surface area contributed by atoms with Crippen molar-refractivity contribution in [1.29, 1.82) is 0 Å². The van der Waals surface area contributed by atoms with Gasteiger partial charge in [-0.3, -0.25) is 4.99 Å². The molecule has 134 valence electrons. The van der Waals surface area contributed by atoms with Crippen LogP contribution in [0.5, 0.6) is 5.75 Å². The first-order valence-corrected chi connectivity index (χ1v) is 10.4. The van der Waals surface area contributed by atoms with Crippen LogP contribution >= 0.6 is 23.4 Å². The first-order valence-electron chi connectivity index (χ1n) is 9.18. The summed E-state index contributed by atoms with van der Waals surface area (Å²) in [6, 6.07) is 4.09. The summed E-state index contributed by atoms with van der Waals surface area (Å²) in [4.78, 5) is 9.26. The van der Waals surface area contributed by atoms with Gasteiger partial charge in [0.1, 0.15) is 6.61 Å². The third-order valence-electron chi connectivity index (χ3n) is 4.91. The average Bonchev–Trinajstić information content (AvgIpc) is 3.22. The molecule has 3 aliphatic rings. The Bertz CT molecular complexity index is 719. The number of hydrogen-bond donors (Lipinski definition) is 0. The topological polar surface area (TPSA) is 28.1 Å². The Morgan fingerprint density at radius 2 is 2.16 bits per heavy atom. The molecule has 0 N–H and O–H groups in total. The number of nitrogens with zero attached hydrogens (tertiary/aromatic N) is 3. The largest absolute Gasteiger partial charge is 0.489 e. The van der Waals surface area contributed by atoms with E-state index in [0.29, 0.717) is 0 Å². The Balaban J connectivity index is 1.62. The van der Waals surface area contributed by atoms with Crippen molar-refractivity contribution in [2.24, 2.45) is 4.99 Å². The van der Waals surface area contributed by atoms with Gasteiger partial charge in [0.15, 0.2) is 10.9 Å². The number of thioether (sulfide) groups is 1. The Morgan fingerprint density at radius 3 is 3.04 bits per heavy atom. The molecule has 0 atom stereocenters. The van der Waals surface area contributed by atoms with E-state index in [0.717, 1.165) is 60.0 Å². The minimum absolute atomic E-state index is 0.733. The summed E-state index contributed by atoms with van der Waals surface area (Å²) >= 11 is 8.18. The van der Waals surface area contributed by atoms with Crippen LogP contribution in [0.25, 0.3) is 5.70 Å². The molecule has 0 saturated heterocycles. The highest BCUT2D eigenvalue weighted by molar-refractivity contribution is 8.16. The second-order valence-corrected chi connectivity index (χ2v) is 7.91. The molecule has 4 rings (SSSR count). The predicted molar refractivity (Wildman–Crippen MR) is 108 cm³/mol. The van der Waals surface area contributed by atoms with Gasteiger partial charge in [0.2, 0.25) is 0 Å². The Labute approximate surface area is 158 Å². The fraction of sp³-hybridized carbons (Fsp3) is 0.526. The van der Waals surface area contributed by atoms with Crippen LogP contribution in [0.3, 0.4) is 0 Å². The average molecular weight is 378 g/mol. The van der Waals surface area contributed by atoms with E-state index in [1.54, 1.807) is 11.8 Å². The van der Waals surface area contributed by atoms with E-state index in [2.05, 4.69) is 33.2 Å². The van der Waals surface area contributed by atoms with Crippen molar-refractivity contribution in [3.8, 4) is 5.75 Å². The number of unbranched alkanes of at least 4 members (excludes halogenated alkanes) is 3. The standard InChI is InChI=1S/C19H24ClN3OS/c1-2-3-4-5-7-22-9-10-24-18-15(11-14(20)12-16(18)22)17-13-25-19-21-6-8-23(17)19/h11-13H,2-10H2,1H3. The molecule has 0 bridgehead atoms. The van der Waals surface area contributed by atoms with E-state index in [9.17, 15) is 0 Å². The minimum Gasteiger partial charge on any atom is -0.489 e. The fourth-order valence-corrected chi connectivity index (χ4v) is 4.79. The van der Waals surface area contributed by atoms with E-state index in [-0.39, 0.29) is 0 Å². The smallest absolute Gasteiger partial charge is 0.168 e. The van der Waals surface area contributed by atoms with Gasteiger partial charge < -0.3 is 14.5 Å². The maximum atomic E-state index is 6.49. The van der Waals surface area contributed by atoms with Gasteiger partial charge >= 0.3 is 0 Å². The molecular weight excluding hydrogens is 354 g/mol. The fourth-order valence-electron chi connectivity index (χ4n) is 3.63. The molecule has 3 heterocycles. The highest BCUT2D eigenvalue weighted by atomic mass is 35.5. The van der Waals surface area contributed by atoms with Crippen LogP contribution in [0.2, 0.25) is 5.02 Å². The van der Waals surface area contributed by atoms with Crippen LogP contribution in [0.1, 0.15) is 38.2 Å². The van der Waals surface area contributed by atoms with Gasteiger partial charge in [0, 0.05) is 29.1 Å². The molecule has 1 aromatic rings. The van der Waals surface area contributed by atoms with E-state index < -0.39 is 0 Å². The van der Waals surface area contributed by atoms with E-state index >= 15 is 0 Å². The molecule has 0 radical (unpaired) electrons. The van der Waals surface area contributed by atoms with Crippen molar-refractivity contribution >= 4 is 39.9 Å². The van der Waals surface area contributed by atoms with E-state index in [1.165, 1.54) is 31.4 Å². The van der Waals surface area contributed by atoms with Crippen molar-refractivity contribution in [2.75, 3.05) is 37.7 Å². The third-order valence-corrected chi connectivity index (χ3v) is 6.03. The zero-order chi connectivity index (χ0) is 17.2. The van der Waals surface area contributed by atoms with Crippen LogP contribution < -0.4 is 9.64 Å². The Kier molecular flexibility index (Phi) is 5.13. The second kappa shape index (κ2) is 7.50. The van der Waals surface area contributed by atoms with Crippen LogP contribution in [0.15, 0.2) is 22.5 Å². The highest BCUT2D eigenvalue weighted by Gasteiger charge is 2.31. The Morgan fingerprint density at radius 1 is 1.24 bits per heavy atom. The quantitative estimate of drug-likeness (QED) is 0.663. The normalized spacial score (nSPS) is 18.6. The molecular formula is C19H24ClN3OS. The number of fused-ring (bicyclic) bond motifs is 2. The van der Waals surface area contributed by atoms with Crippen LogP contribution in [-0.4, -0.2) is 42.9 Å². The number of ether oxygens (including phenoxy) is 1. The third kappa shape index (κ3) is 3.36. The maximum absolute atomic E-state index is 6.49. The highest BCUT2D eigenvalue weighted by Crippen LogP contribution is 2.45. The lowest BCUT2D eigenvalue weighted by Crippen LogP contribution is -2.34. The molecule has 25 heavy (non-hydrogen) atoms. The second-order valence-electron chi connectivity index (χ2n) is 6.63. The maximum Gasteiger partial charge on any atom is 0.168 e. The van der Waals surface area contributed by atoms with Crippen LogP contribution in [0, 0.1) is 0 Å². The number of anilines is 1. The number of halogens is 1. The number of aliphatic imine (C=N–C) groups is 1. The molecule has 6 heteroatoms. The van der Waals surface area contributed by atoms with E-state index in [1.807, 2.05) is 6.07 Å². The molecule has 0 unspecified atom stereocenters. The summed E-state index contributed by atoms with van der Waals surface area (Å²) in [5.41, 5.74) is 3.41. The molecule has 0 fully saturated rings. The lowest BCUT2D eigenvalue weighted by molar-refractivity contribution is 0.305. The molecule has 0 saturated carbocycles. The molecule has 3 aliphatic heterocycles. The number of amidine groups is 1. The van der Waals surface area contributed by atoms with Crippen molar-refractivity contribution in [3.05, 3.63) is 28.1 Å². The molecule has 0 spiro atoms. The van der Waals surface area contributed by atoms with Crippen molar-refractivity contribution in [1.82, 2.24) is 4.90 Å². The van der Waals surface area contributed by atoms with Gasteiger partial charge in [-0.2, -0.15) is 0 Å². The molecule has 4 nitrogen and oxygen atoms in total. The van der Waals surface area contributed by atoms with Crippen LogP contribution in [-0.2, 0) is 0 Å². The van der Waals surface area contributed by atoms with Crippen molar-refractivity contribution < 1.29 is 4.74 Å². The molecule has 0 amide bonds. The lowest BCUT2D eigenvalue weighted by atomic mass is 10.1. The van der Waals surface area contributed by atoms with Gasteiger partial charge in [0.05, 0.1) is 24.5 Å². The monoisotopic (exact) mass is 377 g/mol. The summed E-state index contributed by atoms with van der Waals surface area (Å²) in [6.45, 7) is 6.79. The van der Waals surface area contributed by atoms with Gasteiger partial charge in [-0.25, -0.2) is 0 Å². The summed E-state index contributed by atoms with van der Waals surface area (Å²) in [6.07, 6.45) is 5.07. The first kappa shape index (κ1) is 17.1. The number of rotatable bonds is 6. The van der Waals surface area contributed by atoms with Crippen molar-refractivity contribution in [2.45, 2.75) is 32.6 Å². The summed E-state index contributed by atoms with van der Waals surface area (Å²) in [5, 5.41) is 4.04. The van der Waals surface area contributed by atoms with Gasteiger partial charge in [-0.05, 0) is 18.6 Å². The van der Waals surface area contributed by atoms with Crippen molar-refractivity contribution in [3.63, 3.8) is 0 Å². The lowest BCUT2D eigenvalue weighted by Gasteiger charge is -2.33. The summed E-state index contributed by atoms with van der Waals surface area (Å²) in [7, 11) is 0. The minimum atomic E-state index is 0.733. The summed E-state index contributed by atoms with van der Waals surface area (Å²) in [5.74, 6) is 0.978. The first-order chi connectivity index (χ1) is 12.3. The van der Waals surface area contributed by atoms with E-state index in [4.69, 9.17) is 16.3 Å². The SMILES string of the molecule is CCCCCCN1CCOc2c(C3=CSC4=NCCN34)cc(Cl)cc21. The number of benzene rings is 1. The Hall–Kier alpha value is -1.33. The molecule has 0 aromatic heterocycles. The summed E-state index contributed by atoms with van der Waals surface area (Å²) < 4.78 is 6.11.